The number of likely N-dealkylation sites (tertiary alicyclic amines) is 1. The quantitative estimate of drug-likeness (QED) is 0.848. The van der Waals surface area contributed by atoms with E-state index in [2.05, 4.69) is 51.2 Å². The highest BCUT2D eigenvalue weighted by atomic mass is 16.5. The number of hydrogen-bond acceptors (Lipinski definition) is 4. The third-order valence-corrected chi connectivity index (χ3v) is 6.75. The van der Waals surface area contributed by atoms with E-state index in [1.54, 1.807) is 7.11 Å². The molecule has 6 rings (SSSR count). The van der Waals surface area contributed by atoms with Crippen molar-refractivity contribution < 1.29 is 4.74 Å². The molecule has 5 heterocycles. The van der Waals surface area contributed by atoms with Crippen molar-refractivity contribution >= 4 is 0 Å². The van der Waals surface area contributed by atoms with E-state index >= 15 is 0 Å². The smallest absolute Gasteiger partial charge is 0.118 e. The minimum atomic E-state index is 0.589. The van der Waals surface area contributed by atoms with Gasteiger partial charge in [-0.05, 0) is 61.2 Å². The summed E-state index contributed by atoms with van der Waals surface area (Å²) in [6, 6.07) is 14.4. The van der Waals surface area contributed by atoms with Gasteiger partial charge in [-0.25, -0.2) is 0 Å². The monoisotopic (exact) mass is 349 g/mol. The first-order valence-corrected chi connectivity index (χ1v) is 9.84. The zero-order valence-corrected chi connectivity index (χ0v) is 15.4. The molecule has 0 aliphatic carbocycles. The van der Waals surface area contributed by atoms with Gasteiger partial charge in [0, 0.05) is 43.5 Å². The molecule has 4 aliphatic rings. The van der Waals surface area contributed by atoms with Gasteiger partial charge < -0.3 is 4.74 Å². The van der Waals surface area contributed by atoms with Gasteiger partial charge in [-0.15, -0.1) is 0 Å². The van der Waals surface area contributed by atoms with Gasteiger partial charge in [0.25, 0.3) is 0 Å². The molecular weight excluding hydrogens is 322 g/mol. The average molecular weight is 349 g/mol. The van der Waals surface area contributed by atoms with Crippen LogP contribution in [-0.2, 0) is 6.54 Å². The first-order chi connectivity index (χ1) is 12.8. The molecule has 3 atom stereocenters. The van der Waals surface area contributed by atoms with Crippen LogP contribution in [0.4, 0.5) is 0 Å². The van der Waals surface area contributed by atoms with E-state index in [1.807, 2.05) is 12.4 Å². The fourth-order valence-electron chi connectivity index (χ4n) is 5.59. The summed E-state index contributed by atoms with van der Waals surface area (Å²) in [5, 5.41) is 0. The average Bonchev–Trinajstić information content (AvgIpc) is 3.11. The second kappa shape index (κ2) is 6.67. The maximum absolute atomic E-state index is 5.36. The van der Waals surface area contributed by atoms with Gasteiger partial charge in [-0.2, -0.15) is 0 Å². The van der Waals surface area contributed by atoms with Gasteiger partial charge in [0.1, 0.15) is 5.75 Å². The van der Waals surface area contributed by atoms with Crippen LogP contribution in [0.25, 0.3) is 0 Å². The van der Waals surface area contributed by atoms with Crippen LogP contribution >= 0.6 is 0 Å². The van der Waals surface area contributed by atoms with Crippen LogP contribution in [0.3, 0.4) is 0 Å². The fourth-order valence-corrected chi connectivity index (χ4v) is 5.59. The number of piperidine rings is 3. The summed E-state index contributed by atoms with van der Waals surface area (Å²) in [5.74, 6) is 2.39. The van der Waals surface area contributed by atoms with Gasteiger partial charge in [0.05, 0.1) is 7.11 Å². The molecule has 4 heteroatoms. The molecule has 4 aliphatic heterocycles. The molecule has 26 heavy (non-hydrogen) atoms. The maximum atomic E-state index is 5.36. The fraction of sp³-hybridized carbons (Fsp3) is 0.500. The van der Waals surface area contributed by atoms with E-state index in [0.717, 1.165) is 24.8 Å². The Hall–Kier alpha value is -1.91. The number of benzene rings is 1. The standard InChI is InChI=1S/C22H27N3O/c1-26-19-6-4-17(5-7-19)20-15-25(14-16-3-2-10-23-13-16)21-18-8-11-24(12-9-18)22(20)21/h2-7,10,13,18,20-22H,8-9,11-12,14-15H2,1H3/t20-,21+,22+/m0/s1. The Labute approximate surface area is 155 Å². The van der Waals surface area contributed by atoms with Crippen LogP contribution in [0, 0.1) is 5.92 Å². The number of hydrogen-bond donors (Lipinski definition) is 0. The normalized spacial score (nSPS) is 33.2. The molecule has 4 nitrogen and oxygen atoms in total. The lowest BCUT2D eigenvalue weighted by Crippen LogP contribution is -2.59. The van der Waals surface area contributed by atoms with E-state index in [-0.39, 0.29) is 0 Å². The van der Waals surface area contributed by atoms with Crippen molar-refractivity contribution in [2.24, 2.45) is 5.92 Å². The Kier molecular flexibility index (Phi) is 4.18. The van der Waals surface area contributed by atoms with Crippen LogP contribution in [0.5, 0.6) is 5.75 Å². The summed E-state index contributed by atoms with van der Waals surface area (Å²) < 4.78 is 5.36. The van der Waals surface area contributed by atoms with Gasteiger partial charge in [0.2, 0.25) is 0 Å². The number of pyridine rings is 1. The van der Waals surface area contributed by atoms with Crippen LogP contribution in [0.1, 0.15) is 29.9 Å². The Morgan fingerprint density at radius 2 is 1.88 bits per heavy atom. The van der Waals surface area contributed by atoms with Gasteiger partial charge in [-0.1, -0.05) is 18.2 Å². The van der Waals surface area contributed by atoms with E-state index < -0.39 is 0 Å². The third kappa shape index (κ3) is 2.72. The number of ether oxygens (including phenoxy) is 1. The molecule has 2 aromatic rings. The predicted molar refractivity (Wildman–Crippen MR) is 102 cm³/mol. The zero-order valence-electron chi connectivity index (χ0n) is 15.4. The van der Waals surface area contributed by atoms with Crippen molar-refractivity contribution in [3.63, 3.8) is 0 Å². The van der Waals surface area contributed by atoms with Crippen molar-refractivity contribution in [2.45, 2.75) is 37.4 Å². The van der Waals surface area contributed by atoms with E-state index in [1.165, 1.54) is 37.1 Å². The molecule has 0 saturated carbocycles. The highest BCUT2D eigenvalue weighted by Gasteiger charge is 2.53. The van der Waals surface area contributed by atoms with Gasteiger partial charge in [-0.3, -0.25) is 14.8 Å². The van der Waals surface area contributed by atoms with E-state index in [4.69, 9.17) is 4.74 Å². The topological polar surface area (TPSA) is 28.6 Å². The Bertz CT molecular complexity index is 740. The zero-order chi connectivity index (χ0) is 17.5. The maximum Gasteiger partial charge on any atom is 0.118 e. The second-order valence-corrected chi connectivity index (χ2v) is 8.02. The van der Waals surface area contributed by atoms with Crippen LogP contribution in [-0.4, -0.2) is 53.6 Å². The molecule has 4 fully saturated rings. The van der Waals surface area contributed by atoms with Crippen molar-refractivity contribution in [3.05, 3.63) is 59.9 Å². The summed E-state index contributed by atoms with van der Waals surface area (Å²) in [6.07, 6.45) is 6.61. The Morgan fingerprint density at radius 3 is 2.58 bits per heavy atom. The molecule has 0 N–H and O–H groups in total. The van der Waals surface area contributed by atoms with Crippen LogP contribution in [0.2, 0.25) is 0 Å². The largest absolute Gasteiger partial charge is 0.497 e. The molecular formula is C22H27N3O. The number of aromatic nitrogens is 1. The number of methoxy groups -OCH3 is 1. The lowest BCUT2D eigenvalue weighted by Gasteiger charge is -2.51. The van der Waals surface area contributed by atoms with Crippen molar-refractivity contribution in [1.82, 2.24) is 14.8 Å². The summed E-state index contributed by atoms with van der Waals surface area (Å²) in [5.41, 5.74) is 2.79. The first kappa shape index (κ1) is 16.3. The molecule has 0 spiro atoms. The summed E-state index contributed by atoms with van der Waals surface area (Å²) in [7, 11) is 1.74. The molecule has 1 aromatic heterocycles. The summed E-state index contributed by atoms with van der Waals surface area (Å²) >= 11 is 0. The number of nitrogens with zero attached hydrogens (tertiary/aromatic N) is 3. The molecule has 0 unspecified atom stereocenters. The van der Waals surface area contributed by atoms with Crippen molar-refractivity contribution in [3.8, 4) is 5.75 Å². The Morgan fingerprint density at radius 1 is 1.08 bits per heavy atom. The van der Waals surface area contributed by atoms with Crippen LogP contribution in [0.15, 0.2) is 48.8 Å². The molecule has 0 radical (unpaired) electrons. The highest BCUT2D eigenvalue weighted by Crippen LogP contribution is 2.47. The molecule has 4 saturated heterocycles. The van der Waals surface area contributed by atoms with Crippen molar-refractivity contribution in [2.75, 3.05) is 26.7 Å². The lowest BCUT2D eigenvalue weighted by molar-refractivity contribution is -0.00871. The lowest BCUT2D eigenvalue weighted by atomic mass is 9.75. The highest BCUT2D eigenvalue weighted by molar-refractivity contribution is 5.33. The predicted octanol–water partition coefficient (Wildman–Crippen LogP) is 3.15. The van der Waals surface area contributed by atoms with E-state index in [9.17, 15) is 0 Å². The van der Waals surface area contributed by atoms with E-state index in [0.29, 0.717) is 18.0 Å². The first-order valence-electron chi connectivity index (χ1n) is 9.84. The van der Waals surface area contributed by atoms with Gasteiger partial charge >= 0.3 is 0 Å². The minimum absolute atomic E-state index is 0.589. The summed E-state index contributed by atoms with van der Waals surface area (Å²) in [6.45, 7) is 4.72. The van der Waals surface area contributed by atoms with Gasteiger partial charge in [0.15, 0.2) is 0 Å². The van der Waals surface area contributed by atoms with Crippen LogP contribution < -0.4 is 4.74 Å². The molecule has 1 aromatic carbocycles. The molecule has 136 valence electrons. The molecule has 0 amide bonds. The van der Waals surface area contributed by atoms with Crippen molar-refractivity contribution in [1.29, 1.82) is 0 Å². The SMILES string of the molecule is COc1ccc([C@@H]2CN(Cc3cccnc3)[C@@H]3C4CCN(CC4)[C@@H]32)cc1. The Balaban J connectivity index is 1.46. The molecule has 2 bridgehead atoms. The second-order valence-electron chi connectivity index (χ2n) is 8.02. The number of fused-ring (bicyclic) bond motifs is 2. The minimum Gasteiger partial charge on any atom is -0.497 e. The summed E-state index contributed by atoms with van der Waals surface area (Å²) in [4.78, 5) is 9.83. The number of rotatable bonds is 4. The third-order valence-electron chi connectivity index (χ3n) is 6.75.